The fourth-order valence-corrected chi connectivity index (χ4v) is 2.07. The monoisotopic (exact) mass is 213 g/mol. The van der Waals surface area contributed by atoms with Gasteiger partial charge in [0.2, 0.25) is 0 Å². The zero-order valence-electron chi connectivity index (χ0n) is 10.1. The number of oxime groups is 1. The second-order valence-electron chi connectivity index (χ2n) is 4.70. The summed E-state index contributed by atoms with van der Waals surface area (Å²) in [5.74, 6) is 0.406. The van der Waals surface area contributed by atoms with E-state index >= 15 is 0 Å². The van der Waals surface area contributed by atoms with E-state index in [0.29, 0.717) is 5.92 Å². The normalized spacial score (nSPS) is 26.4. The fourth-order valence-electron chi connectivity index (χ4n) is 2.07. The summed E-state index contributed by atoms with van der Waals surface area (Å²) < 4.78 is 0. The van der Waals surface area contributed by atoms with E-state index in [-0.39, 0.29) is 0 Å². The topological polar surface area (TPSA) is 39.1 Å². The second-order valence-corrected chi connectivity index (χ2v) is 4.70. The van der Waals surface area contributed by atoms with Gasteiger partial charge >= 0.3 is 0 Å². The van der Waals surface area contributed by atoms with Crippen LogP contribution in [0.2, 0.25) is 0 Å². The van der Waals surface area contributed by atoms with Crippen molar-refractivity contribution in [1.29, 1.82) is 0 Å². The Hall–Kier alpha value is -0.610. The standard InChI is InChI=1S/C11H23N3O/c1-10-9-14(7-4-6-13(2)3)8-5-11(10)12-15/h10,15H,4-9H2,1-3H3. The van der Waals surface area contributed by atoms with Gasteiger partial charge in [-0.25, -0.2) is 0 Å². The van der Waals surface area contributed by atoms with Crippen LogP contribution in [0.1, 0.15) is 19.8 Å². The summed E-state index contributed by atoms with van der Waals surface area (Å²) in [5.41, 5.74) is 0.957. The van der Waals surface area contributed by atoms with Crippen LogP contribution in [0.5, 0.6) is 0 Å². The average molecular weight is 213 g/mol. The number of likely N-dealkylation sites (tertiary alicyclic amines) is 1. The Balaban J connectivity index is 2.23. The Labute approximate surface area is 92.5 Å². The van der Waals surface area contributed by atoms with E-state index in [1.165, 1.54) is 6.42 Å². The third kappa shape index (κ3) is 4.18. The van der Waals surface area contributed by atoms with Gasteiger partial charge in [0.05, 0.1) is 5.71 Å². The smallest absolute Gasteiger partial charge is 0.0624 e. The Bertz CT molecular complexity index is 216. The molecule has 1 fully saturated rings. The highest BCUT2D eigenvalue weighted by Gasteiger charge is 2.21. The molecule has 4 heteroatoms. The zero-order chi connectivity index (χ0) is 11.3. The number of hydrogen-bond acceptors (Lipinski definition) is 4. The summed E-state index contributed by atoms with van der Waals surface area (Å²) in [5, 5.41) is 12.1. The van der Waals surface area contributed by atoms with Crippen LogP contribution in [0.4, 0.5) is 0 Å². The molecule has 15 heavy (non-hydrogen) atoms. The minimum Gasteiger partial charge on any atom is -0.411 e. The first-order chi connectivity index (χ1) is 7.13. The molecule has 0 aliphatic carbocycles. The summed E-state index contributed by atoms with van der Waals surface area (Å²) in [7, 11) is 4.21. The molecule has 0 aromatic carbocycles. The third-order valence-electron chi connectivity index (χ3n) is 2.99. The van der Waals surface area contributed by atoms with Gasteiger partial charge in [0.1, 0.15) is 0 Å². The predicted octanol–water partition coefficient (Wildman–Crippen LogP) is 1.11. The minimum absolute atomic E-state index is 0.406. The maximum Gasteiger partial charge on any atom is 0.0624 e. The molecule has 4 nitrogen and oxygen atoms in total. The maximum absolute atomic E-state index is 8.76. The van der Waals surface area contributed by atoms with Gasteiger partial charge in [0.15, 0.2) is 0 Å². The van der Waals surface area contributed by atoms with Crippen LogP contribution in [-0.4, -0.2) is 61.0 Å². The van der Waals surface area contributed by atoms with E-state index in [1.807, 2.05) is 0 Å². The molecule has 88 valence electrons. The molecule has 0 bridgehead atoms. The van der Waals surface area contributed by atoms with E-state index in [4.69, 9.17) is 5.21 Å². The number of piperidine rings is 1. The molecule has 1 N–H and O–H groups in total. The van der Waals surface area contributed by atoms with E-state index in [1.54, 1.807) is 0 Å². The number of hydrogen-bond donors (Lipinski definition) is 1. The number of nitrogens with zero attached hydrogens (tertiary/aromatic N) is 3. The highest BCUT2D eigenvalue weighted by molar-refractivity contribution is 5.86. The van der Waals surface area contributed by atoms with Gasteiger partial charge in [-0.05, 0) is 33.6 Å². The lowest BCUT2D eigenvalue weighted by Gasteiger charge is -2.31. The molecule has 0 saturated carbocycles. The van der Waals surface area contributed by atoms with Crippen LogP contribution in [0.15, 0.2) is 5.16 Å². The molecule has 0 spiro atoms. The van der Waals surface area contributed by atoms with Gasteiger partial charge in [-0.2, -0.15) is 0 Å². The van der Waals surface area contributed by atoms with Crippen LogP contribution in [0.25, 0.3) is 0 Å². The molecule has 0 amide bonds. The van der Waals surface area contributed by atoms with Crippen molar-refractivity contribution in [3.8, 4) is 0 Å². The van der Waals surface area contributed by atoms with Crippen LogP contribution < -0.4 is 0 Å². The Morgan fingerprint density at radius 2 is 2.27 bits per heavy atom. The Morgan fingerprint density at radius 1 is 1.53 bits per heavy atom. The van der Waals surface area contributed by atoms with E-state index < -0.39 is 0 Å². The summed E-state index contributed by atoms with van der Waals surface area (Å²) in [4.78, 5) is 4.68. The van der Waals surface area contributed by atoms with E-state index in [0.717, 1.165) is 38.3 Å². The summed E-state index contributed by atoms with van der Waals surface area (Å²) in [6.07, 6.45) is 2.13. The second kappa shape index (κ2) is 6.08. The zero-order valence-corrected chi connectivity index (χ0v) is 10.1. The van der Waals surface area contributed by atoms with Crippen molar-refractivity contribution in [1.82, 2.24) is 9.80 Å². The molecule has 1 rings (SSSR count). The molecule has 1 heterocycles. The summed E-state index contributed by atoms with van der Waals surface area (Å²) in [6, 6.07) is 0. The molecular formula is C11H23N3O. The van der Waals surface area contributed by atoms with Gasteiger partial charge in [-0.3, -0.25) is 0 Å². The third-order valence-corrected chi connectivity index (χ3v) is 2.99. The molecule has 1 aliphatic heterocycles. The Kier molecular flexibility index (Phi) is 5.05. The van der Waals surface area contributed by atoms with Crippen molar-refractivity contribution >= 4 is 5.71 Å². The first-order valence-corrected chi connectivity index (χ1v) is 5.71. The molecule has 1 saturated heterocycles. The molecular weight excluding hydrogens is 190 g/mol. The SMILES string of the molecule is CC1CN(CCCN(C)C)CCC1=NO. The van der Waals surface area contributed by atoms with Gasteiger partial charge in [0, 0.05) is 25.4 Å². The fraction of sp³-hybridized carbons (Fsp3) is 0.909. The minimum atomic E-state index is 0.406. The van der Waals surface area contributed by atoms with Gasteiger partial charge in [-0.15, -0.1) is 0 Å². The molecule has 0 radical (unpaired) electrons. The van der Waals surface area contributed by atoms with Gasteiger partial charge in [-0.1, -0.05) is 12.1 Å². The van der Waals surface area contributed by atoms with Crippen LogP contribution in [0, 0.1) is 5.92 Å². The lowest BCUT2D eigenvalue weighted by Crippen LogP contribution is -2.40. The first kappa shape index (κ1) is 12.5. The highest BCUT2D eigenvalue weighted by Crippen LogP contribution is 2.13. The van der Waals surface area contributed by atoms with E-state index in [9.17, 15) is 0 Å². The van der Waals surface area contributed by atoms with Crippen LogP contribution in [-0.2, 0) is 0 Å². The van der Waals surface area contributed by atoms with Gasteiger partial charge < -0.3 is 15.0 Å². The molecule has 1 aliphatic rings. The lowest BCUT2D eigenvalue weighted by molar-refractivity contribution is 0.224. The van der Waals surface area contributed by atoms with Gasteiger partial charge in [0.25, 0.3) is 0 Å². The summed E-state index contributed by atoms with van der Waals surface area (Å²) >= 11 is 0. The molecule has 1 atom stereocenters. The van der Waals surface area contributed by atoms with Crippen LogP contribution >= 0.6 is 0 Å². The van der Waals surface area contributed by atoms with Crippen molar-refractivity contribution in [2.45, 2.75) is 19.8 Å². The average Bonchev–Trinajstić information content (AvgIpc) is 2.17. The van der Waals surface area contributed by atoms with Crippen LogP contribution in [0.3, 0.4) is 0 Å². The maximum atomic E-state index is 8.76. The van der Waals surface area contributed by atoms with Crippen molar-refractivity contribution in [2.75, 3.05) is 40.3 Å². The summed E-state index contributed by atoms with van der Waals surface area (Å²) in [6.45, 7) is 6.50. The molecule has 0 aromatic heterocycles. The first-order valence-electron chi connectivity index (χ1n) is 5.71. The van der Waals surface area contributed by atoms with Crippen molar-refractivity contribution < 1.29 is 5.21 Å². The highest BCUT2D eigenvalue weighted by atomic mass is 16.4. The lowest BCUT2D eigenvalue weighted by atomic mass is 9.97. The Morgan fingerprint density at radius 3 is 2.80 bits per heavy atom. The van der Waals surface area contributed by atoms with Crippen molar-refractivity contribution in [3.05, 3.63) is 0 Å². The molecule has 0 aromatic rings. The number of rotatable bonds is 4. The quantitative estimate of drug-likeness (QED) is 0.561. The van der Waals surface area contributed by atoms with Crippen molar-refractivity contribution in [3.63, 3.8) is 0 Å². The predicted molar refractivity (Wildman–Crippen MR) is 62.6 cm³/mol. The molecule has 1 unspecified atom stereocenters. The van der Waals surface area contributed by atoms with E-state index in [2.05, 4.69) is 36.0 Å². The largest absolute Gasteiger partial charge is 0.411 e. The van der Waals surface area contributed by atoms with Crippen molar-refractivity contribution in [2.24, 2.45) is 11.1 Å².